The van der Waals surface area contributed by atoms with Crippen molar-refractivity contribution in [3.63, 3.8) is 0 Å². The van der Waals surface area contributed by atoms with Crippen LogP contribution in [-0.4, -0.2) is 12.1 Å². The molecule has 1 aromatic carbocycles. The molecule has 0 amide bonds. The molecule has 4 nitrogen and oxygen atoms in total. The summed E-state index contributed by atoms with van der Waals surface area (Å²) in [6, 6.07) is 9.89. The molecule has 0 saturated heterocycles. The van der Waals surface area contributed by atoms with E-state index in [-0.39, 0.29) is 5.56 Å². The van der Waals surface area contributed by atoms with Crippen molar-refractivity contribution in [2.24, 2.45) is 5.73 Å². The number of fused-ring (bicyclic) bond motifs is 3. The molecular formula is C17H14N2O2S2. The lowest BCUT2D eigenvalue weighted by Gasteiger charge is -2.11. The highest BCUT2D eigenvalue weighted by Crippen LogP contribution is 2.42. The van der Waals surface area contributed by atoms with Crippen LogP contribution in [0.2, 0.25) is 0 Å². The first-order valence-electron chi connectivity index (χ1n) is 7.12. The summed E-state index contributed by atoms with van der Waals surface area (Å²) < 4.78 is 6.33. The lowest BCUT2D eigenvalue weighted by molar-refractivity contribution is 0.417. The molecule has 0 fully saturated rings. The first-order valence-corrected chi connectivity index (χ1v) is 8.82. The van der Waals surface area contributed by atoms with Crippen molar-refractivity contribution in [3.8, 4) is 16.2 Å². The number of methoxy groups -OCH3 is 1. The Labute approximate surface area is 140 Å². The molecule has 0 radical (unpaired) electrons. The number of nitrogens with two attached hydrogens (primary N) is 1. The summed E-state index contributed by atoms with van der Waals surface area (Å²) in [5, 5.41) is 3.93. The number of aromatic nitrogens is 1. The molecule has 3 heterocycles. The van der Waals surface area contributed by atoms with Gasteiger partial charge >= 0.3 is 0 Å². The fourth-order valence-electron chi connectivity index (χ4n) is 2.87. The van der Waals surface area contributed by atoms with E-state index in [2.05, 4.69) is 11.1 Å². The fourth-order valence-corrected chi connectivity index (χ4v) is 4.60. The van der Waals surface area contributed by atoms with Gasteiger partial charge in [-0.25, -0.2) is 0 Å². The highest BCUT2D eigenvalue weighted by atomic mass is 32.1. The minimum Gasteiger partial charge on any atom is -0.496 e. The average molecular weight is 342 g/mol. The maximum Gasteiger partial charge on any atom is 0.266 e. The Hall–Kier alpha value is -2.15. The number of pyridine rings is 1. The molecule has 0 saturated carbocycles. The van der Waals surface area contributed by atoms with Crippen molar-refractivity contribution in [1.29, 1.82) is 0 Å². The molecule has 0 atom stereocenters. The maximum atomic E-state index is 12.2. The van der Waals surface area contributed by atoms with E-state index >= 15 is 0 Å². The van der Waals surface area contributed by atoms with Crippen LogP contribution < -0.4 is 16.0 Å². The van der Waals surface area contributed by atoms with Crippen LogP contribution in [0.15, 0.2) is 40.5 Å². The molecule has 23 heavy (non-hydrogen) atoms. The second-order valence-electron chi connectivity index (χ2n) is 5.15. The first kappa shape index (κ1) is 14.4. The Bertz CT molecular complexity index is 1080. The summed E-state index contributed by atoms with van der Waals surface area (Å²) in [4.78, 5) is 17.4. The van der Waals surface area contributed by atoms with Crippen LogP contribution in [0.4, 0.5) is 0 Å². The average Bonchev–Trinajstić information content (AvgIpc) is 3.23. The number of hydrogen-bond donors (Lipinski definition) is 2. The number of thiophene rings is 2. The van der Waals surface area contributed by atoms with Crippen molar-refractivity contribution in [2.45, 2.75) is 6.54 Å². The Morgan fingerprint density at radius 3 is 2.83 bits per heavy atom. The summed E-state index contributed by atoms with van der Waals surface area (Å²) in [7, 11) is 1.67. The van der Waals surface area contributed by atoms with Gasteiger partial charge < -0.3 is 15.5 Å². The van der Waals surface area contributed by atoms with Gasteiger partial charge in [-0.15, -0.1) is 22.7 Å². The number of nitrogens with one attached hydrogen (secondary N) is 1. The molecule has 116 valence electrons. The Kier molecular flexibility index (Phi) is 3.45. The minimum atomic E-state index is -0.0487. The van der Waals surface area contributed by atoms with Gasteiger partial charge in [0.05, 0.1) is 7.11 Å². The van der Waals surface area contributed by atoms with Crippen molar-refractivity contribution in [3.05, 3.63) is 50.9 Å². The second kappa shape index (κ2) is 5.49. The molecule has 6 heteroatoms. The van der Waals surface area contributed by atoms with Crippen LogP contribution in [-0.2, 0) is 6.54 Å². The highest BCUT2D eigenvalue weighted by molar-refractivity contribution is 7.17. The fraction of sp³-hybridized carbons (Fsp3) is 0.118. The number of rotatable bonds is 3. The van der Waals surface area contributed by atoms with Crippen molar-refractivity contribution < 1.29 is 4.74 Å². The predicted octanol–water partition coefficient (Wildman–Crippen LogP) is 3.94. The number of ether oxygens (including phenoxy) is 1. The van der Waals surface area contributed by atoms with E-state index in [1.54, 1.807) is 18.4 Å². The molecule has 3 N–H and O–H groups in total. The molecule has 0 aliphatic heterocycles. The Balaban J connectivity index is 2.19. The van der Waals surface area contributed by atoms with Gasteiger partial charge in [0, 0.05) is 38.2 Å². The lowest BCUT2D eigenvalue weighted by Crippen LogP contribution is -2.04. The summed E-state index contributed by atoms with van der Waals surface area (Å²) in [6.45, 7) is 0.516. The topological polar surface area (TPSA) is 68.1 Å². The van der Waals surface area contributed by atoms with E-state index in [1.807, 2.05) is 29.6 Å². The Morgan fingerprint density at radius 2 is 2.09 bits per heavy atom. The van der Waals surface area contributed by atoms with Gasteiger partial charge in [0.1, 0.15) is 10.4 Å². The first-order chi connectivity index (χ1) is 11.2. The molecule has 0 unspecified atom stereocenters. The predicted molar refractivity (Wildman–Crippen MR) is 97.7 cm³/mol. The monoisotopic (exact) mass is 342 g/mol. The van der Waals surface area contributed by atoms with E-state index in [0.717, 1.165) is 42.1 Å². The van der Waals surface area contributed by atoms with Crippen molar-refractivity contribution in [2.75, 3.05) is 7.11 Å². The zero-order chi connectivity index (χ0) is 16.0. The van der Waals surface area contributed by atoms with E-state index in [9.17, 15) is 4.79 Å². The van der Waals surface area contributed by atoms with Crippen molar-refractivity contribution >= 4 is 43.7 Å². The van der Waals surface area contributed by atoms with Gasteiger partial charge in [0.25, 0.3) is 5.56 Å². The molecule has 4 rings (SSSR count). The van der Waals surface area contributed by atoms with E-state index < -0.39 is 0 Å². The van der Waals surface area contributed by atoms with Gasteiger partial charge in [-0.3, -0.25) is 4.79 Å². The summed E-state index contributed by atoms with van der Waals surface area (Å²) in [5.41, 5.74) is 7.53. The van der Waals surface area contributed by atoms with Gasteiger partial charge in [-0.2, -0.15) is 0 Å². The summed E-state index contributed by atoms with van der Waals surface area (Å²) in [6.07, 6.45) is 0. The lowest BCUT2D eigenvalue weighted by atomic mass is 10.0. The SMILES string of the molecule is COc1ccc2[nH]c(=O)c3sccc3c2c1-c1ccc(CN)s1. The van der Waals surface area contributed by atoms with Crippen LogP contribution in [0.3, 0.4) is 0 Å². The van der Waals surface area contributed by atoms with E-state index in [1.165, 1.54) is 11.3 Å². The van der Waals surface area contributed by atoms with Gasteiger partial charge in [-0.05, 0) is 35.7 Å². The van der Waals surface area contributed by atoms with Crippen LogP contribution >= 0.6 is 22.7 Å². The minimum absolute atomic E-state index is 0.0487. The number of aromatic amines is 1. The number of H-pyrrole nitrogens is 1. The van der Waals surface area contributed by atoms with Gasteiger partial charge in [0.15, 0.2) is 0 Å². The second-order valence-corrected chi connectivity index (χ2v) is 7.24. The molecule has 0 aliphatic carbocycles. The largest absolute Gasteiger partial charge is 0.496 e. The molecule has 0 spiro atoms. The van der Waals surface area contributed by atoms with Crippen LogP contribution in [0.5, 0.6) is 5.75 Å². The molecule has 4 aromatic rings. The number of benzene rings is 1. The zero-order valence-corrected chi connectivity index (χ0v) is 14.0. The van der Waals surface area contributed by atoms with E-state index in [0.29, 0.717) is 6.54 Å². The Morgan fingerprint density at radius 1 is 1.22 bits per heavy atom. The third-order valence-electron chi connectivity index (χ3n) is 3.89. The maximum absolute atomic E-state index is 12.2. The van der Waals surface area contributed by atoms with Crippen molar-refractivity contribution in [1.82, 2.24) is 4.98 Å². The normalized spacial score (nSPS) is 11.4. The van der Waals surface area contributed by atoms with Crippen LogP contribution in [0, 0.1) is 0 Å². The smallest absolute Gasteiger partial charge is 0.266 e. The number of hydrogen-bond acceptors (Lipinski definition) is 5. The molecule has 3 aromatic heterocycles. The van der Waals surface area contributed by atoms with Gasteiger partial charge in [-0.1, -0.05) is 0 Å². The third-order valence-corrected chi connectivity index (χ3v) is 5.92. The van der Waals surface area contributed by atoms with E-state index in [4.69, 9.17) is 10.5 Å². The van der Waals surface area contributed by atoms with Gasteiger partial charge in [0.2, 0.25) is 0 Å². The highest BCUT2D eigenvalue weighted by Gasteiger charge is 2.17. The van der Waals surface area contributed by atoms with Crippen LogP contribution in [0.25, 0.3) is 31.4 Å². The molecular weight excluding hydrogens is 328 g/mol. The third kappa shape index (κ3) is 2.18. The zero-order valence-electron chi connectivity index (χ0n) is 12.4. The summed E-state index contributed by atoms with van der Waals surface area (Å²) >= 11 is 3.11. The standard InChI is InChI=1S/C17H14N2O2S2/c1-21-12-4-3-11-14(10-6-7-22-16(10)17(20)19-11)15(12)13-5-2-9(8-18)23-13/h2-7H,8,18H2,1H3,(H,19,20). The molecule has 0 aliphatic rings. The quantitative estimate of drug-likeness (QED) is 0.592. The molecule has 0 bridgehead atoms. The summed E-state index contributed by atoms with van der Waals surface area (Å²) in [5.74, 6) is 0.794. The van der Waals surface area contributed by atoms with Crippen LogP contribution in [0.1, 0.15) is 4.88 Å².